The second-order valence-electron chi connectivity index (χ2n) is 2.87. The number of nitrogens with one attached hydrogen (secondary N) is 1. The Kier molecular flexibility index (Phi) is 3.35. The van der Waals surface area contributed by atoms with E-state index in [0.717, 1.165) is 11.3 Å². The molecule has 0 amide bonds. The van der Waals surface area contributed by atoms with Crippen LogP contribution in [0.15, 0.2) is 0 Å². The molecule has 1 aromatic rings. The van der Waals surface area contributed by atoms with Gasteiger partial charge in [0.2, 0.25) is 0 Å². The Labute approximate surface area is 87.0 Å². The fourth-order valence-corrected chi connectivity index (χ4v) is 1.68. The highest BCUT2D eigenvalue weighted by Crippen LogP contribution is 2.14. The van der Waals surface area contributed by atoms with Gasteiger partial charge < -0.3 is 5.11 Å². The number of hydrogen-bond donors (Lipinski definition) is 2. The monoisotopic (exact) mass is 212 g/mol. The minimum atomic E-state index is -0.986. The summed E-state index contributed by atoms with van der Waals surface area (Å²) < 4.78 is 0.201. The van der Waals surface area contributed by atoms with Gasteiger partial charge in [-0.15, -0.1) is 0 Å². The second kappa shape index (κ2) is 4.32. The van der Waals surface area contributed by atoms with Crippen molar-refractivity contribution in [2.75, 3.05) is 0 Å². The minimum Gasteiger partial charge on any atom is -0.478 e. The van der Waals surface area contributed by atoms with E-state index in [2.05, 4.69) is 10.2 Å². The van der Waals surface area contributed by atoms with Crippen LogP contribution in [-0.2, 0) is 12.8 Å². The predicted octanol–water partition coefficient (Wildman–Crippen LogP) is 1.96. The highest BCUT2D eigenvalue weighted by Gasteiger charge is 2.15. The third kappa shape index (κ3) is 1.82. The van der Waals surface area contributed by atoms with Gasteiger partial charge in [-0.2, -0.15) is 5.10 Å². The largest absolute Gasteiger partial charge is 0.478 e. The Balaban J connectivity index is 3.51. The van der Waals surface area contributed by atoms with Gasteiger partial charge in [0.15, 0.2) is 0 Å². The van der Waals surface area contributed by atoms with Crippen LogP contribution in [0.1, 0.15) is 35.5 Å². The molecule has 0 saturated carbocycles. The summed E-state index contributed by atoms with van der Waals surface area (Å²) in [6, 6.07) is 0. The summed E-state index contributed by atoms with van der Waals surface area (Å²) in [7, 11) is 0. The van der Waals surface area contributed by atoms with E-state index in [4.69, 9.17) is 17.3 Å². The lowest BCUT2D eigenvalue weighted by Gasteiger charge is -2.07. The quantitative estimate of drug-likeness (QED) is 0.752. The highest BCUT2D eigenvalue weighted by molar-refractivity contribution is 7.71. The number of aromatic amines is 1. The second-order valence-corrected chi connectivity index (χ2v) is 3.27. The number of nitrogens with zero attached hydrogens (tertiary/aromatic N) is 1. The van der Waals surface area contributed by atoms with Crippen LogP contribution in [0, 0.1) is 4.64 Å². The molecule has 0 saturated heterocycles. The van der Waals surface area contributed by atoms with Gasteiger partial charge in [0, 0.05) is 0 Å². The van der Waals surface area contributed by atoms with E-state index in [9.17, 15) is 4.79 Å². The van der Waals surface area contributed by atoms with Gasteiger partial charge in [0.05, 0.1) is 5.69 Å². The molecule has 0 aliphatic carbocycles. The van der Waals surface area contributed by atoms with E-state index in [1.807, 2.05) is 13.8 Å². The highest BCUT2D eigenvalue weighted by atomic mass is 32.1. The Bertz CT molecular complexity index is 412. The Morgan fingerprint density at radius 3 is 2.57 bits per heavy atom. The zero-order valence-corrected chi connectivity index (χ0v) is 8.94. The third-order valence-corrected chi connectivity index (χ3v) is 2.37. The summed E-state index contributed by atoms with van der Waals surface area (Å²) in [5.41, 5.74) is 1.71. The number of carbonyl (C=O) groups is 1. The van der Waals surface area contributed by atoms with Gasteiger partial charge in [-0.05, 0) is 18.4 Å². The minimum absolute atomic E-state index is 0.189. The van der Waals surface area contributed by atoms with Crippen molar-refractivity contribution in [3.8, 4) is 0 Å². The normalized spacial score (nSPS) is 10.1. The number of aryl methyl sites for hydroxylation is 1. The summed E-state index contributed by atoms with van der Waals surface area (Å²) in [4.78, 5) is 11.0. The van der Waals surface area contributed by atoms with Crippen molar-refractivity contribution >= 4 is 18.2 Å². The predicted molar refractivity (Wildman–Crippen MR) is 55.1 cm³/mol. The van der Waals surface area contributed by atoms with Crippen molar-refractivity contribution in [1.82, 2.24) is 10.2 Å². The number of H-pyrrole nitrogens is 1. The lowest BCUT2D eigenvalue weighted by atomic mass is 10.0. The molecule has 0 fully saturated rings. The zero-order chi connectivity index (χ0) is 10.7. The standard InChI is InChI=1S/C9H12N2O2S/c1-3-5-6(4-2)10-11-8(14)7(5)9(12)13/h3-4H2,1-2H3,(H,11,14)(H,12,13). The van der Waals surface area contributed by atoms with E-state index < -0.39 is 5.97 Å². The maximum absolute atomic E-state index is 11.0. The topological polar surface area (TPSA) is 66.0 Å². The molecule has 76 valence electrons. The van der Waals surface area contributed by atoms with E-state index >= 15 is 0 Å². The van der Waals surface area contributed by atoms with Crippen molar-refractivity contribution in [2.45, 2.75) is 26.7 Å². The fourth-order valence-electron chi connectivity index (χ4n) is 1.42. The smallest absolute Gasteiger partial charge is 0.339 e. The number of carboxylic acids is 1. The van der Waals surface area contributed by atoms with Crippen LogP contribution >= 0.6 is 12.2 Å². The first-order valence-corrected chi connectivity index (χ1v) is 4.86. The summed E-state index contributed by atoms with van der Waals surface area (Å²) in [5, 5.41) is 15.6. The maximum atomic E-state index is 11.0. The molecular formula is C9H12N2O2S. The van der Waals surface area contributed by atoms with Crippen LogP contribution in [0.4, 0.5) is 0 Å². The van der Waals surface area contributed by atoms with Crippen molar-refractivity contribution < 1.29 is 9.90 Å². The van der Waals surface area contributed by atoms with Crippen LogP contribution < -0.4 is 0 Å². The van der Waals surface area contributed by atoms with Gasteiger partial charge in [0.25, 0.3) is 0 Å². The molecule has 4 nitrogen and oxygen atoms in total. The van der Waals surface area contributed by atoms with Crippen LogP contribution in [0.5, 0.6) is 0 Å². The number of aromatic carboxylic acids is 1. The van der Waals surface area contributed by atoms with Crippen LogP contribution in [0.2, 0.25) is 0 Å². The number of aromatic nitrogens is 2. The van der Waals surface area contributed by atoms with E-state index in [0.29, 0.717) is 12.8 Å². The van der Waals surface area contributed by atoms with Crippen molar-refractivity contribution in [2.24, 2.45) is 0 Å². The first-order valence-electron chi connectivity index (χ1n) is 4.45. The van der Waals surface area contributed by atoms with Crippen molar-refractivity contribution in [1.29, 1.82) is 0 Å². The van der Waals surface area contributed by atoms with Crippen molar-refractivity contribution in [3.63, 3.8) is 0 Å². The summed E-state index contributed by atoms with van der Waals surface area (Å²) in [6.45, 7) is 3.83. The molecule has 14 heavy (non-hydrogen) atoms. The molecule has 0 unspecified atom stereocenters. The lowest BCUT2D eigenvalue weighted by Crippen LogP contribution is -2.10. The zero-order valence-electron chi connectivity index (χ0n) is 8.13. The third-order valence-electron chi connectivity index (χ3n) is 2.07. The van der Waals surface area contributed by atoms with Crippen molar-refractivity contribution in [3.05, 3.63) is 21.5 Å². The van der Waals surface area contributed by atoms with Crippen LogP contribution in [0.3, 0.4) is 0 Å². The summed E-state index contributed by atoms with van der Waals surface area (Å²) >= 11 is 4.89. The average molecular weight is 212 g/mol. The number of carboxylic acid groups (broad SMARTS) is 1. The SMILES string of the molecule is CCc1n[nH]c(=S)c(C(=O)O)c1CC. The van der Waals surface area contributed by atoms with E-state index in [1.165, 1.54) is 0 Å². The van der Waals surface area contributed by atoms with Gasteiger partial charge in [-0.25, -0.2) is 4.79 Å². The molecule has 2 N–H and O–H groups in total. The first kappa shape index (κ1) is 10.8. The van der Waals surface area contributed by atoms with Gasteiger partial charge in [0.1, 0.15) is 10.2 Å². The molecule has 0 aliphatic rings. The van der Waals surface area contributed by atoms with Gasteiger partial charge in [-0.3, -0.25) is 5.10 Å². The molecule has 0 aromatic carbocycles. The molecule has 5 heteroatoms. The van der Waals surface area contributed by atoms with Gasteiger partial charge in [-0.1, -0.05) is 26.1 Å². The molecule has 0 aliphatic heterocycles. The van der Waals surface area contributed by atoms with Crippen LogP contribution in [0.25, 0.3) is 0 Å². The average Bonchev–Trinajstić information content (AvgIpc) is 2.16. The molecule has 0 bridgehead atoms. The van der Waals surface area contributed by atoms with Gasteiger partial charge >= 0.3 is 5.97 Å². The lowest BCUT2D eigenvalue weighted by molar-refractivity contribution is 0.0694. The van der Waals surface area contributed by atoms with E-state index in [1.54, 1.807) is 0 Å². The number of rotatable bonds is 3. The Morgan fingerprint density at radius 2 is 2.14 bits per heavy atom. The molecular weight excluding hydrogens is 200 g/mol. The summed E-state index contributed by atoms with van der Waals surface area (Å²) in [6.07, 6.45) is 1.34. The Hall–Kier alpha value is -1.23. The molecule has 0 spiro atoms. The summed E-state index contributed by atoms with van der Waals surface area (Å²) in [5.74, 6) is -0.986. The van der Waals surface area contributed by atoms with Crippen LogP contribution in [-0.4, -0.2) is 21.3 Å². The molecule has 0 atom stereocenters. The number of hydrogen-bond acceptors (Lipinski definition) is 3. The van der Waals surface area contributed by atoms with E-state index in [-0.39, 0.29) is 10.2 Å². The Morgan fingerprint density at radius 1 is 1.50 bits per heavy atom. The fraction of sp³-hybridized carbons (Fsp3) is 0.444. The first-order chi connectivity index (χ1) is 6.61. The molecule has 1 aromatic heterocycles. The maximum Gasteiger partial charge on any atom is 0.339 e. The molecule has 1 rings (SSSR count). The molecule has 1 heterocycles. The molecule has 0 radical (unpaired) electrons.